The predicted molar refractivity (Wildman–Crippen MR) is 78.1 cm³/mol. The van der Waals surface area contributed by atoms with Gasteiger partial charge in [-0.25, -0.2) is 0 Å². The van der Waals surface area contributed by atoms with Crippen LogP contribution in [-0.4, -0.2) is 0 Å². The molecular weight excluding hydrogens is 204 g/mol. The van der Waals surface area contributed by atoms with Crippen molar-refractivity contribution in [2.24, 2.45) is 5.41 Å². The highest BCUT2D eigenvalue weighted by atomic mass is 14.3. The average molecular weight is 228 g/mol. The molecule has 0 aliphatic carbocycles. The van der Waals surface area contributed by atoms with E-state index in [4.69, 9.17) is 0 Å². The van der Waals surface area contributed by atoms with Gasteiger partial charge in [-0.15, -0.1) is 6.58 Å². The molecule has 0 saturated carbocycles. The molecule has 0 unspecified atom stereocenters. The van der Waals surface area contributed by atoms with E-state index in [1.165, 1.54) is 10.8 Å². The first-order chi connectivity index (χ1) is 8.09. The smallest absolute Gasteiger partial charge is 0.0109 e. The molecule has 0 amide bonds. The summed E-state index contributed by atoms with van der Waals surface area (Å²) < 4.78 is 0. The van der Waals surface area contributed by atoms with Gasteiger partial charge in [-0.3, -0.25) is 0 Å². The first-order valence-corrected chi connectivity index (χ1v) is 6.47. The zero-order valence-corrected chi connectivity index (χ0v) is 11.4. The maximum Gasteiger partial charge on any atom is -0.0109 e. The fourth-order valence-electron chi connectivity index (χ4n) is 2.32. The molecule has 0 aliphatic heterocycles. The standard InChI is InChI=1S/C17H24/c1-6-11-16(17(5,7-2)8-3)15-13-10-9-12-14(15)4/h6,9-10,12-13H,1,4,7-8,11H2,2-3,5H3/b16-15+. The molecule has 0 N–H and O–H groups in total. The van der Waals surface area contributed by atoms with Gasteiger partial charge >= 0.3 is 0 Å². The average Bonchev–Trinajstić information content (AvgIpc) is 2.36. The van der Waals surface area contributed by atoms with E-state index in [1.807, 2.05) is 12.1 Å². The molecule has 1 aromatic carbocycles. The minimum atomic E-state index is 0.252. The summed E-state index contributed by atoms with van der Waals surface area (Å²) in [7, 11) is 0. The highest BCUT2D eigenvalue weighted by Gasteiger charge is 2.24. The zero-order chi connectivity index (χ0) is 12.9. The lowest BCUT2D eigenvalue weighted by Crippen LogP contribution is -2.31. The number of allylic oxidation sites excluding steroid dienone is 1. The molecule has 0 heterocycles. The van der Waals surface area contributed by atoms with Crippen molar-refractivity contribution < 1.29 is 0 Å². The third kappa shape index (κ3) is 2.88. The summed E-state index contributed by atoms with van der Waals surface area (Å²) >= 11 is 0. The fraction of sp³-hybridized carbons (Fsp3) is 0.412. The lowest BCUT2D eigenvalue weighted by atomic mass is 9.75. The van der Waals surface area contributed by atoms with Crippen LogP contribution in [0.4, 0.5) is 0 Å². The van der Waals surface area contributed by atoms with E-state index in [2.05, 4.69) is 52.1 Å². The summed E-state index contributed by atoms with van der Waals surface area (Å²) in [6.07, 6.45) is 5.26. The molecule has 92 valence electrons. The normalized spacial score (nSPS) is 13.4. The molecule has 0 nitrogen and oxygen atoms in total. The molecule has 0 radical (unpaired) electrons. The lowest BCUT2D eigenvalue weighted by molar-refractivity contribution is 0.404. The number of hydrogen-bond acceptors (Lipinski definition) is 0. The van der Waals surface area contributed by atoms with Crippen LogP contribution in [0.5, 0.6) is 0 Å². The molecule has 0 aromatic heterocycles. The molecule has 0 saturated heterocycles. The molecule has 0 fully saturated rings. The van der Waals surface area contributed by atoms with Crippen LogP contribution >= 0.6 is 0 Å². The Balaban J connectivity index is 3.57. The van der Waals surface area contributed by atoms with Crippen molar-refractivity contribution in [2.45, 2.75) is 40.0 Å². The summed E-state index contributed by atoms with van der Waals surface area (Å²) in [4.78, 5) is 0. The predicted octanol–water partition coefficient (Wildman–Crippen LogP) is 3.65. The van der Waals surface area contributed by atoms with E-state index in [-0.39, 0.29) is 5.41 Å². The molecule has 0 bridgehead atoms. The summed E-state index contributed by atoms with van der Waals surface area (Å²) in [5.74, 6) is 0. The summed E-state index contributed by atoms with van der Waals surface area (Å²) in [5.41, 5.74) is 1.73. The Morgan fingerprint density at radius 3 is 2.29 bits per heavy atom. The minimum Gasteiger partial charge on any atom is -0.103 e. The Labute approximate surface area is 105 Å². The molecule has 0 atom stereocenters. The largest absolute Gasteiger partial charge is 0.103 e. The van der Waals surface area contributed by atoms with Crippen LogP contribution in [0.1, 0.15) is 40.0 Å². The van der Waals surface area contributed by atoms with Gasteiger partial charge in [0.05, 0.1) is 0 Å². The van der Waals surface area contributed by atoms with Crippen LogP contribution < -0.4 is 10.4 Å². The number of hydrogen-bond donors (Lipinski definition) is 0. The second-order valence-corrected chi connectivity index (χ2v) is 4.90. The van der Waals surface area contributed by atoms with E-state index in [1.54, 1.807) is 0 Å². The molecule has 0 heteroatoms. The van der Waals surface area contributed by atoms with Crippen LogP contribution in [0.3, 0.4) is 0 Å². The Kier molecular flexibility index (Phi) is 4.74. The van der Waals surface area contributed by atoms with Crippen molar-refractivity contribution in [1.82, 2.24) is 0 Å². The molecule has 1 aromatic rings. The van der Waals surface area contributed by atoms with Crippen LogP contribution in [0, 0.1) is 5.41 Å². The molecule has 1 rings (SSSR count). The van der Waals surface area contributed by atoms with Gasteiger partial charge in [0, 0.05) is 0 Å². The Bertz CT molecular complexity index is 475. The van der Waals surface area contributed by atoms with Crippen molar-refractivity contribution in [1.29, 1.82) is 0 Å². The van der Waals surface area contributed by atoms with E-state index in [0.717, 1.165) is 24.5 Å². The van der Waals surface area contributed by atoms with Gasteiger partial charge in [0.15, 0.2) is 0 Å². The maximum absolute atomic E-state index is 4.15. The van der Waals surface area contributed by atoms with Gasteiger partial charge in [0.2, 0.25) is 0 Å². The van der Waals surface area contributed by atoms with Crippen LogP contribution in [-0.2, 0) is 0 Å². The maximum atomic E-state index is 4.15. The van der Waals surface area contributed by atoms with E-state index in [0.29, 0.717) is 0 Å². The minimum absolute atomic E-state index is 0.252. The Morgan fingerprint density at radius 1 is 1.24 bits per heavy atom. The van der Waals surface area contributed by atoms with Crippen molar-refractivity contribution >= 4 is 12.2 Å². The van der Waals surface area contributed by atoms with Gasteiger partial charge in [-0.1, -0.05) is 63.3 Å². The third-order valence-electron chi connectivity index (χ3n) is 3.98. The summed E-state index contributed by atoms with van der Waals surface area (Å²) in [6.45, 7) is 14.9. The number of benzene rings is 1. The van der Waals surface area contributed by atoms with Gasteiger partial charge in [-0.05, 0) is 35.1 Å². The van der Waals surface area contributed by atoms with Crippen molar-refractivity contribution in [3.8, 4) is 0 Å². The second kappa shape index (κ2) is 5.86. The van der Waals surface area contributed by atoms with Crippen LogP contribution in [0.2, 0.25) is 0 Å². The van der Waals surface area contributed by atoms with Gasteiger partial charge in [0.1, 0.15) is 0 Å². The molecule has 0 aliphatic rings. The van der Waals surface area contributed by atoms with Gasteiger partial charge in [0.25, 0.3) is 0 Å². The molecular formula is C17H24. The Hall–Kier alpha value is -1.30. The lowest BCUT2D eigenvalue weighted by Gasteiger charge is -2.30. The van der Waals surface area contributed by atoms with Crippen molar-refractivity contribution in [3.05, 3.63) is 47.4 Å². The molecule has 0 spiro atoms. The van der Waals surface area contributed by atoms with E-state index < -0.39 is 0 Å². The van der Waals surface area contributed by atoms with E-state index in [9.17, 15) is 0 Å². The highest BCUT2D eigenvalue weighted by Crippen LogP contribution is 2.36. The number of rotatable bonds is 5. The first kappa shape index (κ1) is 13.8. The topological polar surface area (TPSA) is 0 Å². The fourth-order valence-corrected chi connectivity index (χ4v) is 2.32. The van der Waals surface area contributed by atoms with Crippen LogP contribution in [0.15, 0.2) is 36.9 Å². The molecule has 17 heavy (non-hydrogen) atoms. The second-order valence-electron chi connectivity index (χ2n) is 4.90. The zero-order valence-electron chi connectivity index (χ0n) is 11.4. The highest BCUT2D eigenvalue weighted by molar-refractivity contribution is 5.53. The van der Waals surface area contributed by atoms with Crippen LogP contribution in [0.25, 0.3) is 12.2 Å². The summed E-state index contributed by atoms with van der Waals surface area (Å²) in [6, 6.07) is 8.42. The Morgan fingerprint density at radius 2 is 1.82 bits per heavy atom. The van der Waals surface area contributed by atoms with Gasteiger partial charge in [-0.2, -0.15) is 0 Å². The summed E-state index contributed by atoms with van der Waals surface area (Å²) in [5, 5.41) is 2.43. The quantitative estimate of drug-likeness (QED) is 0.675. The SMILES string of the molecule is C=CC/C(=c1/ccccc1=C)C(C)(CC)CC. The van der Waals surface area contributed by atoms with E-state index >= 15 is 0 Å². The third-order valence-corrected chi connectivity index (χ3v) is 3.98. The van der Waals surface area contributed by atoms with Crippen molar-refractivity contribution in [2.75, 3.05) is 0 Å². The monoisotopic (exact) mass is 228 g/mol. The van der Waals surface area contributed by atoms with Crippen molar-refractivity contribution in [3.63, 3.8) is 0 Å². The first-order valence-electron chi connectivity index (χ1n) is 6.47. The van der Waals surface area contributed by atoms with Gasteiger partial charge < -0.3 is 0 Å².